The van der Waals surface area contributed by atoms with Crippen LogP contribution in [0.4, 0.5) is 0 Å². The quantitative estimate of drug-likeness (QED) is 0.816. The van der Waals surface area contributed by atoms with Crippen molar-refractivity contribution in [2.45, 2.75) is 33.2 Å². The lowest BCUT2D eigenvalue weighted by molar-refractivity contribution is 0.245. The van der Waals surface area contributed by atoms with E-state index in [1.807, 2.05) is 25.2 Å². The Morgan fingerprint density at radius 2 is 2.07 bits per heavy atom. The summed E-state index contributed by atoms with van der Waals surface area (Å²) in [5, 5.41) is 4.18. The molecule has 84 valence electrons. The lowest BCUT2D eigenvalue weighted by Crippen LogP contribution is -2.31. The van der Waals surface area contributed by atoms with Crippen LogP contribution in [0.1, 0.15) is 38.8 Å². The lowest BCUT2D eigenvalue weighted by Gasteiger charge is -2.33. The first-order chi connectivity index (χ1) is 7.01. The topological polar surface area (TPSA) is 12.0 Å². The van der Waals surface area contributed by atoms with E-state index in [-0.39, 0.29) is 5.41 Å². The average molecular weight is 226 g/mol. The molecule has 0 saturated heterocycles. The maximum absolute atomic E-state index is 6.01. The maximum atomic E-state index is 6.01. The molecule has 15 heavy (non-hydrogen) atoms. The van der Waals surface area contributed by atoms with Gasteiger partial charge in [-0.25, -0.2) is 0 Å². The number of halogens is 1. The van der Waals surface area contributed by atoms with Gasteiger partial charge in [-0.05, 0) is 36.6 Å². The molecule has 0 aliphatic carbocycles. The van der Waals surface area contributed by atoms with E-state index in [1.54, 1.807) is 0 Å². The predicted molar refractivity (Wildman–Crippen MR) is 67.3 cm³/mol. The zero-order chi connectivity index (χ0) is 11.5. The van der Waals surface area contributed by atoms with Gasteiger partial charge in [-0.2, -0.15) is 0 Å². The summed E-state index contributed by atoms with van der Waals surface area (Å²) in [7, 11) is 2.00. The third-order valence-corrected chi connectivity index (χ3v) is 3.40. The summed E-state index contributed by atoms with van der Waals surface area (Å²) in [4.78, 5) is 0. The fraction of sp³-hybridized carbons (Fsp3) is 0.538. The predicted octanol–water partition coefficient (Wildman–Crippen LogP) is 4.04. The molecule has 2 heteroatoms. The van der Waals surface area contributed by atoms with Crippen molar-refractivity contribution in [3.05, 3.63) is 34.9 Å². The first kappa shape index (κ1) is 12.5. The minimum Gasteiger partial charge on any atom is -0.313 e. The highest BCUT2D eigenvalue weighted by Gasteiger charge is 2.27. The molecule has 0 heterocycles. The molecule has 1 rings (SSSR count). The van der Waals surface area contributed by atoms with Gasteiger partial charge < -0.3 is 5.32 Å². The van der Waals surface area contributed by atoms with Gasteiger partial charge >= 0.3 is 0 Å². The summed E-state index contributed by atoms with van der Waals surface area (Å²) in [5.74, 6) is 0. The van der Waals surface area contributed by atoms with Gasteiger partial charge in [-0.1, -0.05) is 44.5 Å². The fourth-order valence-corrected chi connectivity index (χ4v) is 2.10. The SMILES string of the molecule is CCC(C)(C)C(NC)c1cccc(Cl)c1. The van der Waals surface area contributed by atoms with Crippen LogP contribution < -0.4 is 5.32 Å². The lowest BCUT2D eigenvalue weighted by atomic mass is 9.78. The Hall–Kier alpha value is -0.530. The zero-order valence-electron chi connectivity index (χ0n) is 9.97. The summed E-state index contributed by atoms with van der Waals surface area (Å²) in [5.41, 5.74) is 1.50. The minimum absolute atomic E-state index is 0.236. The van der Waals surface area contributed by atoms with Crippen molar-refractivity contribution < 1.29 is 0 Å². The summed E-state index contributed by atoms with van der Waals surface area (Å²) in [6, 6.07) is 8.44. The largest absolute Gasteiger partial charge is 0.313 e. The third-order valence-electron chi connectivity index (χ3n) is 3.16. The molecule has 0 spiro atoms. The first-order valence-corrected chi connectivity index (χ1v) is 5.81. The molecule has 1 aromatic rings. The average Bonchev–Trinajstić information content (AvgIpc) is 2.18. The van der Waals surface area contributed by atoms with Crippen molar-refractivity contribution >= 4 is 11.6 Å². The van der Waals surface area contributed by atoms with Gasteiger partial charge in [0.2, 0.25) is 0 Å². The second-order valence-corrected chi connectivity index (χ2v) is 5.06. The number of hydrogen-bond donors (Lipinski definition) is 1. The standard InChI is InChI=1S/C13H20ClN/c1-5-13(2,3)12(15-4)10-7-6-8-11(14)9-10/h6-9,12,15H,5H2,1-4H3. The zero-order valence-corrected chi connectivity index (χ0v) is 10.7. The highest BCUT2D eigenvalue weighted by atomic mass is 35.5. The van der Waals surface area contributed by atoms with E-state index in [2.05, 4.69) is 32.2 Å². The number of rotatable bonds is 4. The Bertz CT molecular complexity index is 320. The monoisotopic (exact) mass is 225 g/mol. The van der Waals surface area contributed by atoms with Gasteiger partial charge in [-0.3, -0.25) is 0 Å². The number of benzene rings is 1. The van der Waals surface area contributed by atoms with Gasteiger partial charge in [0, 0.05) is 11.1 Å². The normalized spacial score (nSPS) is 13.9. The van der Waals surface area contributed by atoms with Crippen LogP contribution in [0, 0.1) is 5.41 Å². The summed E-state index contributed by atoms with van der Waals surface area (Å²) in [6.07, 6.45) is 1.13. The molecule has 1 atom stereocenters. The van der Waals surface area contributed by atoms with E-state index in [1.165, 1.54) is 5.56 Å². The molecule has 0 aliphatic rings. The van der Waals surface area contributed by atoms with Crippen LogP contribution >= 0.6 is 11.6 Å². The Kier molecular flexibility index (Phi) is 4.18. The molecule has 1 N–H and O–H groups in total. The molecule has 0 amide bonds. The van der Waals surface area contributed by atoms with Crippen LogP contribution in [0.5, 0.6) is 0 Å². The van der Waals surface area contributed by atoms with Crippen LogP contribution in [0.3, 0.4) is 0 Å². The number of nitrogens with one attached hydrogen (secondary N) is 1. The van der Waals surface area contributed by atoms with Crippen molar-refractivity contribution in [1.82, 2.24) is 5.32 Å². The second-order valence-electron chi connectivity index (χ2n) is 4.62. The van der Waals surface area contributed by atoms with E-state index in [0.29, 0.717) is 6.04 Å². The molecule has 0 bridgehead atoms. The van der Waals surface area contributed by atoms with Gasteiger partial charge in [0.1, 0.15) is 0 Å². The number of hydrogen-bond acceptors (Lipinski definition) is 1. The highest BCUT2D eigenvalue weighted by Crippen LogP contribution is 2.36. The van der Waals surface area contributed by atoms with E-state index < -0.39 is 0 Å². The maximum Gasteiger partial charge on any atom is 0.0409 e. The van der Waals surface area contributed by atoms with Gasteiger partial charge in [-0.15, -0.1) is 0 Å². The van der Waals surface area contributed by atoms with Gasteiger partial charge in [0.15, 0.2) is 0 Å². The van der Waals surface area contributed by atoms with Crippen LogP contribution in [0.15, 0.2) is 24.3 Å². The van der Waals surface area contributed by atoms with Gasteiger partial charge in [0.05, 0.1) is 0 Å². The fourth-order valence-electron chi connectivity index (χ4n) is 1.90. The molecule has 1 nitrogen and oxygen atoms in total. The molecule has 0 aliphatic heterocycles. The molecule has 1 unspecified atom stereocenters. The Morgan fingerprint density at radius 1 is 1.40 bits per heavy atom. The third kappa shape index (κ3) is 2.96. The first-order valence-electron chi connectivity index (χ1n) is 5.44. The van der Waals surface area contributed by atoms with E-state index in [4.69, 9.17) is 11.6 Å². The Labute approximate surface area is 97.8 Å². The molecule has 1 aromatic carbocycles. The van der Waals surface area contributed by atoms with Crippen molar-refractivity contribution in [2.24, 2.45) is 5.41 Å². The Morgan fingerprint density at radius 3 is 2.53 bits per heavy atom. The molecular formula is C13H20ClN. The van der Waals surface area contributed by atoms with Crippen LogP contribution in [0.25, 0.3) is 0 Å². The van der Waals surface area contributed by atoms with Crippen molar-refractivity contribution in [2.75, 3.05) is 7.05 Å². The van der Waals surface area contributed by atoms with Crippen molar-refractivity contribution in [3.8, 4) is 0 Å². The minimum atomic E-state index is 0.236. The highest BCUT2D eigenvalue weighted by molar-refractivity contribution is 6.30. The smallest absolute Gasteiger partial charge is 0.0409 e. The molecule has 0 fully saturated rings. The van der Waals surface area contributed by atoms with Crippen LogP contribution in [-0.2, 0) is 0 Å². The van der Waals surface area contributed by atoms with E-state index >= 15 is 0 Å². The van der Waals surface area contributed by atoms with Crippen molar-refractivity contribution in [1.29, 1.82) is 0 Å². The molecular weight excluding hydrogens is 206 g/mol. The molecule has 0 saturated carbocycles. The van der Waals surface area contributed by atoms with E-state index in [0.717, 1.165) is 11.4 Å². The second kappa shape index (κ2) is 5.00. The van der Waals surface area contributed by atoms with Crippen LogP contribution in [0.2, 0.25) is 5.02 Å². The summed E-state index contributed by atoms with van der Waals surface area (Å²) in [6.45, 7) is 6.76. The summed E-state index contributed by atoms with van der Waals surface area (Å²) < 4.78 is 0. The van der Waals surface area contributed by atoms with Gasteiger partial charge in [0.25, 0.3) is 0 Å². The summed E-state index contributed by atoms with van der Waals surface area (Å²) >= 11 is 6.01. The van der Waals surface area contributed by atoms with Crippen molar-refractivity contribution in [3.63, 3.8) is 0 Å². The molecule has 0 aromatic heterocycles. The van der Waals surface area contributed by atoms with E-state index in [9.17, 15) is 0 Å². The Balaban J connectivity index is 3.02. The van der Waals surface area contributed by atoms with Crippen LogP contribution in [-0.4, -0.2) is 7.05 Å². The molecule has 0 radical (unpaired) electrons.